The van der Waals surface area contributed by atoms with Crippen LogP contribution in [0.2, 0.25) is 0 Å². The molecular weight excluding hydrogens is 298 g/mol. The zero-order valence-corrected chi connectivity index (χ0v) is 12.5. The number of β-amino-alcohol motifs (C(OH)–C–C–N with tert-alkyl or cyclic N) is 1. The molecule has 0 saturated carbocycles. The number of carbonyl (C=O) groups is 1. The molecule has 2 N–H and O–H groups in total. The van der Waals surface area contributed by atoms with Crippen LogP contribution in [-0.2, 0) is 14.8 Å². The quantitative estimate of drug-likeness (QED) is 0.823. The maximum atomic E-state index is 12.7. The summed E-state index contributed by atoms with van der Waals surface area (Å²) in [5.41, 5.74) is 0.709. The van der Waals surface area contributed by atoms with E-state index in [1.165, 1.54) is 19.2 Å². The lowest BCUT2D eigenvalue weighted by Crippen LogP contribution is -2.40. The van der Waals surface area contributed by atoms with Crippen molar-refractivity contribution in [2.45, 2.75) is 30.4 Å². The molecule has 0 radical (unpaired) electrons. The topological polar surface area (TPSA) is 104 Å². The Labute approximate surface area is 122 Å². The Morgan fingerprint density at radius 3 is 2.67 bits per heavy atom. The number of aliphatic hydroxyl groups excluding tert-OH is 1. The van der Waals surface area contributed by atoms with Crippen molar-refractivity contribution in [1.82, 2.24) is 4.31 Å². The SMILES string of the molecule is COc1ccc(C)cc1S(=O)(=O)N1C[C@H](O)C[C@@H]1C(=O)O. The lowest BCUT2D eigenvalue weighted by atomic mass is 10.2. The monoisotopic (exact) mass is 315 g/mol. The van der Waals surface area contributed by atoms with E-state index in [4.69, 9.17) is 9.84 Å². The largest absolute Gasteiger partial charge is 0.495 e. The van der Waals surface area contributed by atoms with E-state index >= 15 is 0 Å². The van der Waals surface area contributed by atoms with E-state index in [9.17, 15) is 18.3 Å². The normalized spacial score (nSPS) is 23.2. The smallest absolute Gasteiger partial charge is 0.322 e. The minimum Gasteiger partial charge on any atom is -0.495 e. The molecule has 0 aromatic heterocycles. The number of aliphatic hydroxyl groups is 1. The third-order valence-corrected chi connectivity index (χ3v) is 5.32. The number of benzene rings is 1. The number of hydrogen-bond acceptors (Lipinski definition) is 5. The molecule has 0 bridgehead atoms. The van der Waals surface area contributed by atoms with Crippen LogP contribution in [-0.4, -0.2) is 54.7 Å². The molecule has 116 valence electrons. The molecule has 1 aliphatic rings. The van der Waals surface area contributed by atoms with Gasteiger partial charge in [0.15, 0.2) is 0 Å². The molecule has 1 aromatic carbocycles. The van der Waals surface area contributed by atoms with Crippen LogP contribution in [0.4, 0.5) is 0 Å². The van der Waals surface area contributed by atoms with Crippen molar-refractivity contribution < 1.29 is 28.2 Å². The summed E-state index contributed by atoms with van der Waals surface area (Å²) in [5, 5.41) is 18.8. The second-order valence-corrected chi connectivity index (χ2v) is 6.83. The zero-order valence-electron chi connectivity index (χ0n) is 11.7. The van der Waals surface area contributed by atoms with Gasteiger partial charge in [0.2, 0.25) is 10.0 Å². The molecular formula is C13H17NO6S. The highest BCUT2D eigenvalue weighted by Gasteiger charge is 2.44. The summed E-state index contributed by atoms with van der Waals surface area (Å²) in [6.45, 7) is 1.49. The van der Waals surface area contributed by atoms with E-state index in [0.717, 1.165) is 4.31 Å². The van der Waals surface area contributed by atoms with Crippen LogP contribution in [0.5, 0.6) is 5.75 Å². The van der Waals surface area contributed by atoms with Crippen molar-refractivity contribution in [3.05, 3.63) is 23.8 Å². The molecule has 2 atom stereocenters. The summed E-state index contributed by atoms with van der Waals surface area (Å²) in [7, 11) is -2.72. The third kappa shape index (κ3) is 2.87. The van der Waals surface area contributed by atoms with E-state index in [1.54, 1.807) is 13.0 Å². The van der Waals surface area contributed by atoms with Crippen LogP contribution in [0.25, 0.3) is 0 Å². The summed E-state index contributed by atoms with van der Waals surface area (Å²) in [6.07, 6.45) is -1.11. The fourth-order valence-corrected chi connectivity index (χ4v) is 4.26. The molecule has 1 saturated heterocycles. The Balaban J connectivity index is 2.51. The minimum atomic E-state index is -4.06. The highest BCUT2D eigenvalue weighted by atomic mass is 32.2. The summed E-state index contributed by atoms with van der Waals surface area (Å²) in [6, 6.07) is 3.38. The molecule has 1 heterocycles. The molecule has 0 unspecified atom stereocenters. The van der Waals surface area contributed by atoms with Crippen LogP contribution in [0, 0.1) is 6.92 Å². The second kappa shape index (κ2) is 5.63. The van der Waals surface area contributed by atoms with Crippen molar-refractivity contribution in [1.29, 1.82) is 0 Å². The lowest BCUT2D eigenvalue weighted by molar-refractivity contribution is -0.140. The first-order valence-electron chi connectivity index (χ1n) is 6.34. The number of carboxylic acids is 1. The molecule has 0 amide bonds. The predicted molar refractivity (Wildman–Crippen MR) is 73.7 cm³/mol. The van der Waals surface area contributed by atoms with E-state index in [1.807, 2.05) is 0 Å². The Morgan fingerprint density at radius 1 is 1.43 bits per heavy atom. The number of carboxylic acid groups (broad SMARTS) is 1. The first-order valence-corrected chi connectivity index (χ1v) is 7.78. The molecule has 0 aliphatic carbocycles. The van der Waals surface area contributed by atoms with E-state index in [0.29, 0.717) is 5.56 Å². The number of aryl methyl sites for hydroxylation is 1. The van der Waals surface area contributed by atoms with Crippen molar-refractivity contribution in [2.24, 2.45) is 0 Å². The van der Waals surface area contributed by atoms with Crippen LogP contribution in [0.1, 0.15) is 12.0 Å². The predicted octanol–water partition coefficient (Wildman–Crippen LogP) is 0.212. The highest BCUT2D eigenvalue weighted by molar-refractivity contribution is 7.89. The van der Waals surface area contributed by atoms with Crippen LogP contribution in [0.3, 0.4) is 0 Å². The van der Waals surface area contributed by atoms with E-state index < -0.39 is 28.1 Å². The number of rotatable bonds is 4. The Bertz CT molecular complexity index is 657. The minimum absolute atomic E-state index is 0.0923. The second-order valence-electron chi connectivity index (χ2n) is 4.97. The average Bonchev–Trinajstić information content (AvgIpc) is 2.82. The summed E-state index contributed by atoms with van der Waals surface area (Å²) >= 11 is 0. The van der Waals surface area contributed by atoms with Gasteiger partial charge in [0.25, 0.3) is 0 Å². The van der Waals surface area contributed by atoms with Gasteiger partial charge in [-0.1, -0.05) is 6.07 Å². The standard InChI is InChI=1S/C13H17NO6S/c1-8-3-4-11(20-2)12(5-8)21(18,19)14-7-9(15)6-10(14)13(16)17/h3-5,9-10,15H,6-7H2,1-2H3,(H,16,17)/t9-,10-/m1/s1. The van der Waals surface area contributed by atoms with Crippen molar-refractivity contribution in [3.63, 3.8) is 0 Å². The maximum absolute atomic E-state index is 12.7. The van der Waals surface area contributed by atoms with Gasteiger partial charge in [-0.2, -0.15) is 4.31 Å². The summed E-state index contributed by atoms with van der Waals surface area (Å²) in [5.74, 6) is -1.13. The first-order chi connectivity index (χ1) is 9.77. The lowest BCUT2D eigenvalue weighted by Gasteiger charge is -2.22. The van der Waals surface area contributed by atoms with Gasteiger partial charge in [0.05, 0.1) is 13.2 Å². The number of sulfonamides is 1. The van der Waals surface area contributed by atoms with Gasteiger partial charge in [-0.3, -0.25) is 4.79 Å². The van der Waals surface area contributed by atoms with Crippen molar-refractivity contribution in [2.75, 3.05) is 13.7 Å². The van der Waals surface area contributed by atoms with Gasteiger partial charge in [-0.15, -0.1) is 0 Å². The van der Waals surface area contributed by atoms with E-state index in [2.05, 4.69) is 0 Å². The Morgan fingerprint density at radius 2 is 2.10 bits per heavy atom. The van der Waals surface area contributed by atoms with Crippen molar-refractivity contribution >= 4 is 16.0 Å². The van der Waals surface area contributed by atoms with Crippen molar-refractivity contribution in [3.8, 4) is 5.75 Å². The molecule has 1 aliphatic heterocycles. The summed E-state index contributed by atoms with van der Waals surface area (Å²) in [4.78, 5) is 11.1. The molecule has 1 fully saturated rings. The highest BCUT2D eigenvalue weighted by Crippen LogP contribution is 2.32. The van der Waals surface area contributed by atoms with Gasteiger partial charge in [0, 0.05) is 13.0 Å². The maximum Gasteiger partial charge on any atom is 0.322 e. The number of methoxy groups -OCH3 is 1. The van der Waals surface area contributed by atoms with Crippen LogP contribution in [0.15, 0.2) is 23.1 Å². The Kier molecular flexibility index (Phi) is 4.22. The number of aliphatic carboxylic acids is 1. The zero-order chi connectivity index (χ0) is 15.8. The summed E-state index contributed by atoms with van der Waals surface area (Å²) < 4.78 is 31.3. The van der Waals surface area contributed by atoms with Crippen LogP contribution >= 0.6 is 0 Å². The van der Waals surface area contributed by atoms with Gasteiger partial charge < -0.3 is 14.9 Å². The molecule has 0 spiro atoms. The third-order valence-electron chi connectivity index (χ3n) is 3.42. The van der Waals surface area contributed by atoms with Gasteiger partial charge in [-0.25, -0.2) is 8.42 Å². The fraction of sp³-hybridized carbons (Fsp3) is 0.462. The molecule has 7 nitrogen and oxygen atoms in total. The molecule has 21 heavy (non-hydrogen) atoms. The average molecular weight is 315 g/mol. The van der Waals surface area contributed by atoms with Crippen LogP contribution < -0.4 is 4.74 Å². The molecule has 1 aromatic rings. The van der Waals surface area contributed by atoms with Gasteiger partial charge in [-0.05, 0) is 24.6 Å². The Hall–Kier alpha value is -1.64. The molecule has 2 rings (SSSR count). The number of ether oxygens (including phenoxy) is 1. The van der Waals surface area contributed by atoms with Gasteiger partial charge in [0.1, 0.15) is 16.7 Å². The van der Waals surface area contributed by atoms with Gasteiger partial charge >= 0.3 is 5.97 Å². The molecule has 8 heteroatoms. The van der Waals surface area contributed by atoms with E-state index in [-0.39, 0.29) is 23.6 Å². The number of nitrogens with zero attached hydrogens (tertiary/aromatic N) is 1. The first kappa shape index (κ1) is 15.7. The number of hydrogen-bond donors (Lipinski definition) is 2. The fourth-order valence-electron chi connectivity index (χ4n) is 2.39.